The maximum atomic E-state index is 13.2. The van der Waals surface area contributed by atoms with Crippen molar-refractivity contribution in [1.29, 1.82) is 0 Å². The molecule has 1 aliphatic carbocycles. The molecule has 1 aromatic carbocycles. The summed E-state index contributed by atoms with van der Waals surface area (Å²) in [5, 5.41) is 12.8. The summed E-state index contributed by atoms with van der Waals surface area (Å²) < 4.78 is 41.2. The molecule has 0 radical (unpaired) electrons. The number of aryl methyl sites for hydroxylation is 1. The number of anilines is 2. The minimum Gasteiger partial charge on any atom is -0.399 e. The second-order valence-electron chi connectivity index (χ2n) is 8.19. The Balaban J connectivity index is 1.76. The third-order valence-corrected chi connectivity index (χ3v) is 5.71. The molecule has 30 heavy (non-hydrogen) atoms. The summed E-state index contributed by atoms with van der Waals surface area (Å²) in [5.41, 5.74) is 5.59. The predicted octanol–water partition coefficient (Wildman–Crippen LogP) is 4.38. The third kappa shape index (κ3) is 3.59. The van der Waals surface area contributed by atoms with Crippen LogP contribution in [0.4, 0.5) is 24.7 Å². The Bertz CT molecular complexity index is 1200. The fourth-order valence-corrected chi connectivity index (χ4v) is 3.58. The van der Waals surface area contributed by atoms with Crippen LogP contribution < -0.4 is 16.6 Å². The summed E-state index contributed by atoms with van der Waals surface area (Å²) in [5.74, 6) is 0.400. The molecular formula is C21H22F3N5O. The van der Waals surface area contributed by atoms with Gasteiger partial charge in [-0.15, -0.1) is 5.10 Å². The third-order valence-electron chi connectivity index (χ3n) is 5.71. The molecule has 1 fully saturated rings. The van der Waals surface area contributed by atoms with Gasteiger partial charge in [-0.1, -0.05) is 0 Å². The SMILES string of the molecule is Cc1nnc(N[C@H](C)c2cc(N)cc(C(F)(F)F)c2)c2cn(C3(C)CC3)c(=O)cc12. The van der Waals surface area contributed by atoms with Gasteiger partial charge in [0, 0.05) is 34.3 Å². The zero-order valence-electron chi connectivity index (χ0n) is 16.8. The first-order valence-electron chi connectivity index (χ1n) is 9.62. The number of nitrogens with zero attached hydrogens (tertiary/aromatic N) is 3. The fourth-order valence-electron chi connectivity index (χ4n) is 3.58. The highest BCUT2D eigenvalue weighted by Crippen LogP contribution is 2.42. The van der Waals surface area contributed by atoms with Gasteiger partial charge in [0.15, 0.2) is 5.82 Å². The van der Waals surface area contributed by atoms with Gasteiger partial charge in [0.25, 0.3) is 5.56 Å². The lowest BCUT2D eigenvalue weighted by molar-refractivity contribution is -0.137. The van der Waals surface area contributed by atoms with Crippen LogP contribution in [0.5, 0.6) is 0 Å². The first kappa shape index (κ1) is 20.2. The summed E-state index contributed by atoms with van der Waals surface area (Å²) in [4.78, 5) is 12.6. The molecule has 1 saturated carbocycles. The summed E-state index contributed by atoms with van der Waals surface area (Å²) in [6.07, 6.45) is -0.894. The molecule has 3 N–H and O–H groups in total. The van der Waals surface area contributed by atoms with E-state index in [9.17, 15) is 18.0 Å². The average molecular weight is 417 g/mol. The predicted molar refractivity (Wildman–Crippen MR) is 109 cm³/mol. The molecule has 158 valence electrons. The highest BCUT2D eigenvalue weighted by Gasteiger charge is 2.40. The Morgan fingerprint density at radius 1 is 1.17 bits per heavy atom. The lowest BCUT2D eigenvalue weighted by Crippen LogP contribution is -2.27. The van der Waals surface area contributed by atoms with Crippen molar-refractivity contribution in [3.05, 3.63) is 57.6 Å². The van der Waals surface area contributed by atoms with Gasteiger partial charge in [-0.2, -0.15) is 18.3 Å². The standard InChI is InChI=1S/C21H22F3N5O/c1-11(13-6-14(21(22,23)24)8-15(25)7-13)26-19-17-10-29(20(3)4-5-20)18(30)9-16(17)12(2)27-28-19/h6-11H,4-5,25H2,1-3H3,(H,26,28)/t11-/m1/s1. The molecule has 1 atom stereocenters. The Hall–Kier alpha value is -3.10. The van der Waals surface area contributed by atoms with E-state index in [1.807, 2.05) is 6.92 Å². The number of halogens is 3. The molecule has 0 bridgehead atoms. The van der Waals surface area contributed by atoms with Gasteiger partial charge < -0.3 is 15.6 Å². The number of pyridine rings is 1. The van der Waals surface area contributed by atoms with Gasteiger partial charge in [0.1, 0.15) is 0 Å². The monoisotopic (exact) mass is 417 g/mol. The maximum Gasteiger partial charge on any atom is 0.416 e. The van der Waals surface area contributed by atoms with E-state index in [2.05, 4.69) is 15.5 Å². The van der Waals surface area contributed by atoms with Crippen molar-refractivity contribution in [2.75, 3.05) is 11.1 Å². The van der Waals surface area contributed by atoms with Crippen LogP contribution in [0.2, 0.25) is 0 Å². The quantitative estimate of drug-likeness (QED) is 0.615. The second-order valence-corrected chi connectivity index (χ2v) is 8.19. The van der Waals surface area contributed by atoms with Gasteiger partial charge in [0.05, 0.1) is 17.3 Å². The number of hydrogen-bond acceptors (Lipinski definition) is 5. The van der Waals surface area contributed by atoms with E-state index >= 15 is 0 Å². The van der Waals surface area contributed by atoms with Gasteiger partial charge >= 0.3 is 6.18 Å². The smallest absolute Gasteiger partial charge is 0.399 e. The van der Waals surface area contributed by atoms with E-state index < -0.39 is 17.8 Å². The van der Waals surface area contributed by atoms with E-state index in [0.717, 1.165) is 25.0 Å². The molecular weight excluding hydrogens is 395 g/mol. The fraction of sp³-hybridized carbons (Fsp3) is 0.381. The molecule has 0 aliphatic heterocycles. The molecule has 0 spiro atoms. The van der Waals surface area contributed by atoms with E-state index in [1.165, 1.54) is 6.07 Å². The van der Waals surface area contributed by atoms with Crippen LogP contribution in [0, 0.1) is 6.92 Å². The summed E-state index contributed by atoms with van der Waals surface area (Å²) in [6.45, 7) is 5.50. The van der Waals surface area contributed by atoms with Crippen molar-refractivity contribution in [3.8, 4) is 0 Å². The number of fused-ring (bicyclic) bond motifs is 1. The first-order valence-corrected chi connectivity index (χ1v) is 9.62. The van der Waals surface area contributed by atoms with E-state index in [4.69, 9.17) is 5.73 Å². The highest BCUT2D eigenvalue weighted by atomic mass is 19.4. The van der Waals surface area contributed by atoms with Crippen molar-refractivity contribution in [2.24, 2.45) is 0 Å². The lowest BCUT2D eigenvalue weighted by Gasteiger charge is -2.20. The van der Waals surface area contributed by atoms with Crippen LogP contribution in [-0.4, -0.2) is 14.8 Å². The number of rotatable bonds is 4. The van der Waals surface area contributed by atoms with E-state index in [1.54, 1.807) is 30.7 Å². The van der Waals surface area contributed by atoms with Gasteiger partial charge in [-0.3, -0.25) is 4.79 Å². The molecule has 1 aliphatic rings. The molecule has 6 nitrogen and oxygen atoms in total. The number of nitrogens with two attached hydrogens (primary N) is 1. The van der Waals surface area contributed by atoms with Crippen LogP contribution in [0.3, 0.4) is 0 Å². The molecule has 9 heteroatoms. The number of alkyl halides is 3. The zero-order chi connectivity index (χ0) is 21.8. The molecule has 2 heterocycles. The van der Waals surface area contributed by atoms with Crippen LogP contribution in [0.1, 0.15) is 49.6 Å². The Morgan fingerprint density at radius 2 is 1.87 bits per heavy atom. The van der Waals surface area contributed by atoms with Gasteiger partial charge in [-0.05, 0) is 57.4 Å². The number of nitrogen functional groups attached to an aromatic ring is 1. The van der Waals surface area contributed by atoms with Gasteiger partial charge in [0.2, 0.25) is 0 Å². The number of benzene rings is 1. The summed E-state index contributed by atoms with van der Waals surface area (Å²) in [6, 6.07) is 4.50. The van der Waals surface area contributed by atoms with Crippen molar-refractivity contribution < 1.29 is 13.2 Å². The largest absolute Gasteiger partial charge is 0.416 e. The van der Waals surface area contributed by atoms with Crippen LogP contribution in [0.15, 0.2) is 35.3 Å². The second kappa shape index (κ2) is 6.72. The minimum atomic E-state index is -4.49. The normalized spacial score (nSPS) is 16.5. The molecule has 0 saturated heterocycles. The van der Waals surface area contributed by atoms with Crippen molar-refractivity contribution in [3.63, 3.8) is 0 Å². The number of aromatic nitrogens is 3. The molecule has 3 aromatic rings. The maximum absolute atomic E-state index is 13.2. The lowest BCUT2D eigenvalue weighted by atomic mass is 10.0. The Morgan fingerprint density at radius 3 is 2.50 bits per heavy atom. The summed E-state index contributed by atoms with van der Waals surface area (Å²) >= 11 is 0. The van der Waals surface area contributed by atoms with Crippen molar-refractivity contribution >= 4 is 22.3 Å². The molecule has 0 amide bonds. The van der Waals surface area contributed by atoms with Crippen LogP contribution in [-0.2, 0) is 11.7 Å². The van der Waals surface area contributed by atoms with Crippen LogP contribution in [0.25, 0.3) is 10.8 Å². The topological polar surface area (TPSA) is 85.8 Å². The van der Waals surface area contributed by atoms with Gasteiger partial charge in [-0.25, -0.2) is 0 Å². The van der Waals surface area contributed by atoms with E-state index in [0.29, 0.717) is 27.8 Å². The van der Waals surface area contributed by atoms with Crippen molar-refractivity contribution in [2.45, 2.75) is 51.4 Å². The Kier molecular flexibility index (Phi) is 4.52. The summed E-state index contributed by atoms with van der Waals surface area (Å²) in [7, 11) is 0. The first-order chi connectivity index (χ1) is 14.0. The molecule has 4 rings (SSSR count). The Labute approximate surface area is 170 Å². The minimum absolute atomic E-state index is 0.0313. The van der Waals surface area contributed by atoms with Crippen molar-refractivity contribution in [1.82, 2.24) is 14.8 Å². The molecule has 2 aromatic heterocycles. The molecule has 0 unspecified atom stereocenters. The van der Waals surface area contributed by atoms with Crippen LogP contribution >= 0.6 is 0 Å². The highest BCUT2D eigenvalue weighted by molar-refractivity contribution is 5.92. The average Bonchev–Trinajstić information content (AvgIpc) is 3.41. The zero-order valence-corrected chi connectivity index (χ0v) is 16.8. The number of nitrogens with one attached hydrogen (secondary N) is 1. The van der Waals surface area contributed by atoms with E-state index in [-0.39, 0.29) is 16.8 Å². The number of hydrogen-bond donors (Lipinski definition) is 2.